The van der Waals surface area contributed by atoms with Gasteiger partial charge in [0.2, 0.25) is 6.79 Å². The van der Waals surface area contributed by atoms with Crippen molar-refractivity contribution in [1.29, 1.82) is 0 Å². The Bertz CT molecular complexity index is 1310. The van der Waals surface area contributed by atoms with Crippen LogP contribution in [0.5, 0.6) is 17.2 Å². The topological polar surface area (TPSA) is 56.8 Å². The number of carbonyl (C=O) groups is 1. The van der Waals surface area contributed by atoms with Gasteiger partial charge >= 0.3 is 0 Å². The Balaban J connectivity index is 1.42. The van der Waals surface area contributed by atoms with Crippen LogP contribution in [0.25, 0.3) is 0 Å². The van der Waals surface area contributed by atoms with Crippen LogP contribution in [0.4, 0.5) is 5.69 Å². The lowest BCUT2D eigenvalue weighted by atomic mass is 9.68. The van der Waals surface area contributed by atoms with Crippen LogP contribution < -0.4 is 19.5 Å². The van der Waals surface area contributed by atoms with Gasteiger partial charge in [0, 0.05) is 35.4 Å². The number of rotatable bonds is 4. The van der Waals surface area contributed by atoms with Crippen molar-refractivity contribution in [3.8, 4) is 17.2 Å². The van der Waals surface area contributed by atoms with Gasteiger partial charge in [0.05, 0.1) is 0 Å². The molecule has 3 aromatic carbocycles. The number of allylic oxidation sites excluding steroid dienone is 2. The number of Topliss-reactive ketones (excluding diaryl/α,β-unsaturated/α-hetero) is 1. The van der Waals surface area contributed by atoms with Crippen LogP contribution in [0.2, 0.25) is 0 Å². The maximum atomic E-state index is 13.5. The zero-order chi connectivity index (χ0) is 23.3. The molecule has 2 aliphatic heterocycles. The first kappa shape index (κ1) is 20.8. The molecule has 0 saturated heterocycles. The van der Waals surface area contributed by atoms with Gasteiger partial charge < -0.3 is 19.5 Å². The molecule has 3 aliphatic rings. The van der Waals surface area contributed by atoms with E-state index >= 15 is 0 Å². The molecular weight excluding hydrogens is 426 g/mol. The number of ketones is 1. The Morgan fingerprint density at radius 2 is 1.76 bits per heavy atom. The van der Waals surface area contributed by atoms with E-state index in [-0.39, 0.29) is 23.9 Å². The molecule has 0 aromatic heterocycles. The Morgan fingerprint density at radius 3 is 2.59 bits per heavy atom. The summed E-state index contributed by atoms with van der Waals surface area (Å²) in [7, 11) is 0. The van der Waals surface area contributed by atoms with E-state index < -0.39 is 0 Å². The zero-order valence-corrected chi connectivity index (χ0v) is 19.4. The molecule has 1 aliphatic carbocycles. The average Bonchev–Trinajstić information content (AvgIpc) is 3.27. The molecule has 172 valence electrons. The van der Waals surface area contributed by atoms with E-state index in [1.54, 1.807) is 0 Å². The van der Waals surface area contributed by atoms with Gasteiger partial charge in [-0.05, 0) is 46.7 Å². The van der Waals surface area contributed by atoms with Crippen molar-refractivity contribution in [2.24, 2.45) is 5.41 Å². The fourth-order valence-corrected chi connectivity index (χ4v) is 5.28. The molecule has 0 spiro atoms. The summed E-state index contributed by atoms with van der Waals surface area (Å²) in [6, 6.07) is 22.2. The smallest absolute Gasteiger partial charge is 0.231 e. The summed E-state index contributed by atoms with van der Waals surface area (Å²) in [6.45, 7) is 5.01. The maximum absolute atomic E-state index is 13.5. The van der Waals surface area contributed by atoms with Crippen LogP contribution in [0.15, 0.2) is 78.0 Å². The maximum Gasteiger partial charge on any atom is 0.231 e. The molecule has 3 aromatic rings. The van der Waals surface area contributed by atoms with Gasteiger partial charge in [-0.3, -0.25) is 4.79 Å². The number of fused-ring (bicyclic) bond motifs is 2. The third kappa shape index (κ3) is 3.71. The first-order valence-corrected chi connectivity index (χ1v) is 11.7. The molecule has 5 heteroatoms. The summed E-state index contributed by atoms with van der Waals surface area (Å²) in [4.78, 5) is 13.5. The van der Waals surface area contributed by atoms with E-state index in [9.17, 15) is 4.79 Å². The number of anilines is 1. The van der Waals surface area contributed by atoms with Gasteiger partial charge in [0.1, 0.15) is 12.4 Å². The van der Waals surface area contributed by atoms with Crippen molar-refractivity contribution in [2.75, 3.05) is 12.1 Å². The van der Waals surface area contributed by atoms with Gasteiger partial charge in [0.25, 0.3) is 0 Å². The first-order chi connectivity index (χ1) is 16.5. The van der Waals surface area contributed by atoms with E-state index in [2.05, 4.69) is 43.4 Å². The second-order valence-electron chi connectivity index (χ2n) is 10.0. The quantitative estimate of drug-likeness (QED) is 0.510. The Hall–Kier alpha value is -3.73. The number of benzene rings is 3. The van der Waals surface area contributed by atoms with Crippen LogP contribution in [0.1, 0.15) is 49.3 Å². The fourth-order valence-electron chi connectivity index (χ4n) is 5.28. The van der Waals surface area contributed by atoms with E-state index in [1.165, 1.54) is 0 Å². The molecule has 5 nitrogen and oxygen atoms in total. The Kier molecular flexibility index (Phi) is 4.87. The standard InChI is InChI=1S/C29H27NO4/c1-29(2)14-23-28(24(31)15-29)27(21-12-25-26(34-17-33-25)13-22(21)30-23)19-9-6-10-20(11-19)32-16-18-7-4-3-5-8-18/h3-13,27,30H,14-17H2,1-2H3/t27-/m0/s1. The molecular formula is C29H27NO4. The molecule has 0 saturated carbocycles. The van der Waals surface area contributed by atoms with E-state index in [4.69, 9.17) is 14.2 Å². The van der Waals surface area contributed by atoms with Crippen LogP contribution in [0, 0.1) is 5.41 Å². The van der Waals surface area contributed by atoms with Gasteiger partial charge in [-0.25, -0.2) is 0 Å². The molecule has 6 rings (SSSR count). The third-order valence-electron chi connectivity index (χ3n) is 6.79. The largest absolute Gasteiger partial charge is 0.489 e. The zero-order valence-electron chi connectivity index (χ0n) is 19.4. The summed E-state index contributed by atoms with van der Waals surface area (Å²) in [6.07, 6.45) is 1.36. The Labute approximate surface area is 199 Å². The van der Waals surface area contributed by atoms with Gasteiger partial charge in [-0.1, -0.05) is 56.3 Å². The minimum Gasteiger partial charge on any atom is -0.489 e. The number of hydrogen-bond donors (Lipinski definition) is 1. The fraction of sp³-hybridized carbons (Fsp3) is 0.276. The SMILES string of the molecule is CC1(C)CC(=O)C2=C(C1)Nc1cc3c(cc1[C@@H]2c1cccc(OCc2ccccc2)c1)OCO3. The van der Waals surface area contributed by atoms with Gasteiger partial charge in [-0.2, -0.15) is 0 Å². The van der Waals surface area contributed by atoms with E-state index in [0.29, 0.717) is 13.0 Å². The van der Waals surface area contributed by atoms with E-state index in [0.717, 1.165) is 57.3 Å². The van der Waals surface area contributed by atoms with Gasteiger partial charge in [-0.15, -0.1) is 0 Å². The van der Waals surface area contributed by atoms with Crippen LogP contribution in [0.3, 0.4) is 0 Å². The lowest BCUT2D eigenvalue weighted by Crippen LogP contribution is -2.33. The number of nitrogens with one attached hydrogen (secondary N) is 1. The molecule has 0 radical (unpaired) electrons. The minimum atomic E-state index is -0.190. The van der Waals surface area contributed by atoms with Crippen LogP contribution in [-0.4, -0.2) is 12.6 Å². The molecule has 1 N–H and O–H groups in total. The first-order valence-electron chi connectivity index (χ1n) is 11.7. The predicted molar refractivity (Wildman–Crippen MR) is 130 cm³/mol. The molecule has 2 heterocycles. The number of ether oxygens (including phenoxy) is 3. The molecule has 0 amide bonds. The van der Waals surface area contributed by atoms with Crippen molar-refractivity contribution in [3.63, 3.8) is 0 Å². The predicted octanol–water partition coefficient (Wildman–Crippen LogP) is 6.19. The summed E-state index contributed by atoms with van der Waals surface area (Å²) in [5.41, 5.74) is 5.92. The van der Waals surface area contributed by atoms with Crippen LogP contribution in [-0.2, 0) is 11.4 Å². The lowest BCUT2D eigenvalue weighted by molar-refractivity contribution is -0.118. The number of hydrogen-bond acceptors (Lipinski definition) is 5. The average molecular weight is 454 g/mol. The van der Waals surface area contributed by atoms with Crippen molar-refractivity contribution in [1.82, 2.24) is 0 Å². The van der Waals surface area contributed by atoms with Crippen molar-refractivity contribution in [2.45, 2.75) is 39.2 Å². The summed E-state index contributed by atoms with van der Waals surface area (Å²) >= 11 is 0. The summed E-state index contributed by atoms with van der Waals surface area (Å²) < 4.78 is 17.4. The summed E-state index contributed by atoms with van der Waals surface area (Å²) in [5.74, 6) is 2.24. The summed E-state index contributed by atoms with van der Waals surface area (Å²) in [5, 5.41) is 3.57. The highest BCUT2D eigenvalue weighted by molar-refractivity contribution is 6.01. The van der Waals surface area contributed by atoms with Crippen molar-refractivity contribution < 1.29 is 19.0 Å². The van der Waals surface area contributed by atoms with Crippen molar-refractivity contribution in [3.05, 3.63) is 94.7 Å². The monoisotopic (exact) mass is 453 g/mol. The van der Waals surface area contributed by atoms with E-state index in [1.807, 2.05) is 42.5 Å². The molecule has 34 heavy (non-hydrogen) atoms. The molecule has 0 fully saturated rings. The Morgan fingerprint density at radius 1 is 0.971 bits per heavy atom. The third-order valence-corrected chi connectivity index (χ3v) is 6.79. The lowest BCUT2D eigenvalue weighted by Gasteiger charge is -2.39. The van der Waals surface area contributed by atoms with Crippen LogP contribution >= 0.6 is 0 Å². The normalized spacial score (nSPS) is 19.8. The highest BCUT2D eigenvalue weighted by Crippen LogP contribution is 2.52. The highest BCUT2D eigenvalue weighted by Gasteiger charge is 2.41. The minimum absolute atomic E-state index is 0.0814. The van der Waals surface area contributed by atoms with Crippen molar-refractivity contribution >= 4 is 11.5 Å². The number of carbonyl (C=O) groups excluding carboxylic acids is 1. The molecule has 0 bridgehead atoms. The molecule has 1 atom stereocenters. The van der Waals surface area contributed by atoms with Gasteiger partial charge in [0.15, 0.2) is 17.3 Å². The highest BCUT2D eigenvalue weighted by atomic mass is 16.7. The second kappa shape index (κ2) is 7.94. The second-order valence-corrected chi connectivity index (χ2v) is 10.0. The molecule has 0 unspecified atom stereocenters.